The SMILES string of the molecule is CCOC(=O)C1=C(CSc2ccccc2)NC(C)=C(C#N)C1c1ccccn1. The number of rotatable bonds is 6. The van der Waals surface area contributed by atoms with E-state index in [0.717, 1.165) is 16.3 Å². The Kier molecular flexibility index (Phi) is 6.51. The van der Waals surface area contributed by atoms with Gasteiger partial charge in [-0.2, -0.15) is 5.26 Å². The molecule has 3 rings (SSSR count). The number of nitriles is 1. The first-order chi connectivity index (χ1) is 13.7. The molecule has 0 bridgehead atoms. The van der Waals surface area contributed by atoms with Crippen molar-refractivity contribution in [2.75, 3.05) is 12.4 Å². The number of benzene rings is 1. The second-order valence-corrected chi connectivity index (χ2v) is 7.23. The van der Waals surface area contributed by atoms with Crippen LogP contribution in [0.2, 0.25) is 0 Å². The fraction of sp³-hybridized carbons (Fsp3) is 0.227. The Labute approximate surface area is 169 Å². The summed E-state index contributed by atoms with van der Waals surface area (Å²) in [5.41, 5.74) is 3.07. The smallest absolute Gasteiger partial charge is 0.336 e. The Balaban J connectivity index is 2.05. The molecule has 0 fully saturated rings. The molecule has 2 heterocycles. The van der Waals surface area contributed by atoms with Crippen molar-refractivity contribution in [3.05, 3.63) is 83.0 Å². The number of nitrogens with one attached hydrogen (secondary N) is 1. The maximum atomic E-state index is 12.9. The third kappa shape index (κ3) is 4.26. The number of dihydropyridines is 1. The van der Waals surface area contributed by atoms with E-state index in [1.807, 2.05) is 55.5 Å². The first-order valence-corrected chi connectivity index (χ1v) is 10.0. The van der Waals surface area contributed by atoms with Gasteiger partial charge in [-0.05, 0) is 38.1 Å². The van der Waals surface area contributed by atoms with Gasteiger partial charge in [-0.25, -0.2) is 4.79 Å². The Morgan fingerprint density at radius 3 is 2.64 bits per heavy atom. The van der Waals surface area contributed by atoms with Gasteiger partial charge in [-0.15, -0.1) is 11.8 Å². The molecule has 1 atom stereocenters. The summed E-state index contributed by atoms with van der Waals surface area (Å²) in [6.07, 6.45) is 1.67. The summed E-state index contributed by atoms with van der Waals surface area (Å²) in [4.78, 5) is 18.4. The van der Waals surface area contributed by atoms with Gasteiger partial charge >= 0.3 is 5.97 Å². The predicted molar refractivity (Wildman–Crippen MR) is 109 cm³/mol. The van der Waals surface area contributed by atoms with Gasteiger partial charge in [0.15, 0.2) is 0 Å². The van der Waals surface area contributed by atoms with Crippen molar-refractivity contribution in [1.82, 2.24) is 10.3 Å². The Hall–Kier alpha value is -3.04. The molecule has 1 unspecified atom stereocenters. The van der Waals surface area contributed by atoms with Crippen LogP contribution in [0, 0.1) is 11.3 Å². The van der Waals surface area contributed by atoms with Crippen LogP contribution in [0.25, 0.3) is 0 Å². The number of ether oxygens (including phenoxy) is 1. The second-order valence-electron chi connectivity index (χ2n) is 6.18. The van der Waals surface area contributed by atoms with Crippen LogP contribution in [0.3, 0.4) is 0 Å². The topological polar surface area (TPSA) is 75.0 Å². The van der Waals surface area contributed by atoms with E-state index >= 15 is 0 Å². The van der Waals surface area contributed by atoms with Crippen LogP contribution in [-0.2, 0) is 9.53 Å². The first-order valence-electron chi connectivity index (χ1n) is 9.02. The summed E-state index contributed by atoms with van der Waals surface area (Å²) in [7, 11) is 0. The highest BCUT2D eigenvalue weighted by Gasteiger charge is 2.36. The number of hydrogen-bond acceptors (Lipinski definition) is 6. The van der Waals surface area contributed by atoms with Crippen molar-refractivity contribution in [2.45, 2.75) is 24.7 Å². The molecule has 0 amide bonds. The Morgan fingerprint density at radius 1 is 1.25 bits per heavy atom. The van der Waals surface area contributed by atoms with Gasteiger partial charge in [0.05, 0.1) is 35.4 Å². The number of pyridine rings is 1. The van der Waals surface area contributed by atoms with Crippen molar-refractivity contribution in [2.24, 2.45) is 0 Å². The van der Waals surface area contributed by atoms with Crippen LogP contribution in [0.5, 0.6) is 0 Å². The van der Waals surface area contributed by atoms with Crippen molar-refractivity contribution in [3.8, 4) is 6.07 Å². The van der Waals surface area contributed by atoms with Gasteiger partial charge in [0.2, 0.25) is 0 Å². The number of carbonyl (C=O) groups excluding carboxylic acids is 1. The molecule has 1 aliphatic heterocycles. The van der Waals surface area contributed by atoms with Crippen LogP contribution >= 0.6 is 11.8 Å². The van der Waals surface area contributed by atoms with Crippen LogP contribution in [0.15, 0.2) is 82.2 Å². The van der Waals surface area contributed by atoms with Crippen molar-refractivity contribution < 1.29 is 9.53 Å². The van der Waals surface area contributed by atoms with Crippen LogP contribution in [0.4, 0.5) is 0 Å². The minimum atomic E-state index is -0.544. The largest absolute Gasteiger partial charge is 0.463 e. The van der Waals surface area contributed by atoms with E-state index in [2.05, 4.69) is 16.4 Å². The number of carbonyl (C=O) groups is 1. The summed E-state index contributed by atoms with van der Waals surface area (Å²) in [5, 5.41) is 13.0. The number of thioether (sulfide) groups is 1. The fourth-order valence-electron chi connectivity index (χ4n) is 3.12. The van der Waals surface area contributed by atoms with Gasteiger partial charge < -0.3 is 10.1 Å². The van der Waals surface area contributed by atoms with Gasteiger partial charge in [0, 0.05) is 28.2 Å². The molecule has 6 heteroatoms. The van der Waals surface area contributed by atoms with Gasteiger partial charge in [0.1, 0.15) is 0 Å². The number of nitrogens with zero attached hydrogens (tertiary/aromatic N) is 2. The van der Waals surface area contributed by atoms with Crippen molar-refractivity contribution in [1.29, 1.82) is 5.26 Å². The minimum absolute atomic E-state index is 0.265. The Bertz CT molecular complexity index is 947. The average Bonchev–Trinajstić information content (AvgIpc) is 2.73. The van der Waals surface area contributed by atoms with Gasteiger partial charge in [-0.3, -0.25) is 4.98 Å². The van der Waals surface area contributed by atoms with Gasteiger partial charge in [-0.1, -0.05) is 24.3 Å². The minimum Gasteiger partial charge on any atom is -0.463 e. The lowest BCUT2D eigenvalue weighted by atomic mass is 9.83. The Morgan fingerprint density at radius 2 is 2.00 bits per heavy atom. The van der Waals surface area contributed by atoms with Crippen molar-refractivity contribution in [3.63, 3.8) is 0 Å². The van der Waals surface area contributed by atoms with E-state index in [1.54, 1.807) is 24.9 Å². The van der Waals surface area contributed by atoms with E-state index in [0.29, 0.717) is 22.6 Å². The van der Waals surface area contributed by atoms with E-state index < -0.39 is 11.9 Å². The molecule has 2 aromatic rings. The number of hydrogen-bond donors (Lipinski definition) is 1. The van der Waals surface area contributed by atoms with Crippen LogP contribution < -0.4 is 5.32 Å². The molecule has 0 aliphatic carbocycles. The molecule has 1 aliphatic rings. The highest BCUT2D eigenvalue weighted by molar-refractivity contribution is 7.99. The number of aromatic nitrogens is 1. The lowest BCUT2D eigenvalue weighted by molar-refractivity contribution is -0.138. The zero-order chi connectivity index (χ0) is 19.9. The number of allylic oxidation sites excluding steroid dienone is 2. The first kappa shape index (κ1) is 19.7. The molecular formula is C22H21N3O2S. The van der Waals surface area contributed by atoms with E-state index in [4.69, 9.17) is 4.74 Å². The van der Waals surface area contributed by atoms with Gasteiger partial charge in [0.25, 0.3) is 0 Å². The molecule has 1 aromatic heterocycles. The molecule has 0 saturated carbocycles. The zero-order valence-corrected chi connectivity index (χ0v) is 16.6. The standard InChI is InChI=1S/C22H21N3O2S/c1-3-27-22(26)21-19(14-28-16-9-5-4-6-10-16)25-15(2)17(13-23)20(21)18-11-7-8-12-24-18/h4-12,20,25H,3,14H2,1-2H3. The van der Waals surface area contributed by atoms with Crippen LogP contribution in [0.1, 0.15) is 25.5 Å². The van der Waals surface area contributed by atoms with E-state index in [9.17, 15) is 10.1 Å². The molecule has 5 nitrogen and oxygen atoms in total. The summed E-state index contributed by atoms with van der Waals surface area (Å²) in [6.45, 7) is 3.89. The van der Waals surface area contributed by atoms with E-state index in [1.165, 1.54) is 0 Å². The van der Waals surface area contributed by atoms with Crippen LogP contribution in [-0.4, -0.2) is 23.3 Å². The fourth-order valence-corrected chi connectivity index (χ4v) is 4.01. The number of esters is 1. The normalized spacial score (nSPS) is 16.4. The zero-order valence-electron chi connectivity index (χ0n) is 15.8. The maximum absolute atomic E-state index is 12.9. The highest BCUT2D eigenvalue weighted by Crippen LogP contribution is 2.38. The molecular weight excluding hydrogens is 370 g/mol. The van der Waals surface area contributed by atoms with Crippen molar-refractivity contribution >= 4 is 17.7 Å². The molecule has 0 spiro atoms. The molecule has 28 heavy (non-hydrogen) atoms. The molecule has 0 saturated heterocycles. The lowest BCUT2D eigenvalue weighted by Gasteiger charge is -2.29. The quantitative estimate of drug-likeness (QED) is 0.588. The summed E-state index contributed by atoms with van der Waals surface area (Å²) in [6, 6.07) is 17.7. The molecule has 1 aromatic carbocycles. The third-order valence-corrected chi connectivity index (χ3v) is 5.41. The molecule has 1 N–H and O–H groups in total. The predicted octanol–water partition coefficient (Wildman–Crippen LogP) is 4.18. The molecule has 142 valence electrons. The monoisotopic (exact) mass is 391 g/mol. The highest BCUT2D eigenvalue weighted by atomic mass is 32.2. The molecule has 0 radical (unpaired) electrons. The summed E-state index contributed by atoms with van der Waals surface area (Å²) < 4.78 is 5.34. The summed E-state index contributed by atoms with van der Waals surface area (Å²) >= 11 is 1.62. The second kappa shape index (κ2) is 9.25. The third-order valence-electron chi connectivity index (χ3n) is 4.37. The average molecular weight is 391 g/mol. The maximum Gasteiger partial charge on any atom is 0.336 e. The lowest BCUT2D eigenvalue weighted by Crippen LogP contribution is -2.31. The van der Waals surface area contributed by atoms with E-state index in [-0.39, 0.29) is 6.61 Å². The summed E-state index contributed by atoms with van der Waals surface area (Å²) in [5.74, 6) is -0.412.